The zero-order chi connectivity index (χ0) is 18.8. The lowest BCUT2D eigenvalue weighted by Crippen LogP contribution is -2.69. The van der Waals surface area contributed by atoms with Crippen LogP contribution in [0.1, 0.15) is 24.1 Å². The molecule has 2 unspecified atom stereocenters. The van der Waals surface area contributed by atoms with Gasteiger partial charge >= 0.3 is 6.03 Å². The monoisotopic (exact) mass is 368 g/mol. The van der Waals surface area contributed by atoms with Crippen LogP contribution in [0.5, 0.6) is 0 Å². The van der Waals surface area contributed by atoms with Crippen LogP contribution in [-0.4, -0.2) is 45.4 Å². The van der Waals surface area contributed by atoms with Crippen molar-refractivity contribution in [2.75, 3.05) is 6.54 Å². The van der Waals surface area contributed by atoms with E-state index in [-0.39, 0.29) is 36.9 Å². The van der Waals surface area contributed by atoms with Gasteiger partial charge in [-0.1, -0.05) is 24.3 Å². The molecule has 1 N–H and O–H groups in total. The molecule has 2 aliphatic rings. The zero-order valence-corrected chi connectivity index (χ0v) is 14.8. The van der Waals surface area contributed by atoms with E-state index >= 15 is 0 Å². The lowest BCUT2D eigenvalue weighted by Gasteiger charge is -2.47. The van der Waals surface area contributed by atoms with Gasteiger partial charge in [-0.25, -0.2) is 9.18 Å². The van der Waals surface area contributed by atoms with Crippen LogP contribution in [-0.2, 0) is 17.9 Å². The van der Waals surface area contributed by atoms with Crippen molar-refractivity contribution in [2.24, 2.45) is 0 Å². The fraction of sp³-hybridized carbons (Fsp3) is 0.350. The number of pyridine rings is 1. The number of carbonyl (C=O) groups excluding carboxylic acids is 2. The minimum absolute atomic E-state index is 0.108. The predicted octanol–water partition coefficient (Wildman–Crippen LogP) is 2.31. The number of hydrogen-bond acceptors (Lipinski definition) is 4. The molecule has 3 amide bonds. The summed E-state index contributed by atoms with van der Waals surface area (Å²) < 4.78 is 14.2. The summed E-state index contributed by atoms with van der Waals surface area (Å²) in [7, 11) is 0. The number of urea groups is 1. The molecule has 2 fully saturated rings. The zero-order valence-electron chi connectivity index (χ0n) is 14.8. The standard InChI is InChI=1S/C20H21FN4O2/c21-16-8-2-1-6-14(16)12-24-17-9-5-11-23-18(17)19(26)25(20(24)27)13-15-7-3-4-10-22-15/h1-4,6-8,10,17-18,23H,5,9,11-13H2. The number of imide groups is 1. The highest BCUT2D eigenvalue weighted by Gasteiger charge is 2.47. The number of aromatic nitrogens is 1. The van der Waals surface area contributed by atoms with Crippen molar-refractivity contribution in [3.63, 3.8) is 0 Å². The molecule has 1 aromatic heterocycles. The Bertz CT molecular complexity index is 845. The predicted molar refractivity (Wildman–Crippen MR) is 96.9 cm³/mol. The largest absolute Gasteiger partial charge is 0.327 e. The van der Waals surface area contributed by atoms with Crippen LogP contribution in [0.25, 0.3) is 0 Å². The molecule has 2 atom stereocenters. The Balaban J connectivity index is 1.64. The van der Waals surface area contributed by atoms with E-state index in [0.717, 1.165) is 19.4 Å². The number of fused-ring (bicyclic) bond motifs is 1. The molecule has 0 radical (unpaired) electrons. The average molecular weight is 368 g/mol. The summed E-state index contributed by atoms with van der Waals surface area (Å²) in [5, 5.41) is 3.24. The number of nitrogens with one attached hydrogen (secondary N) is 1. The van der Waals surface area contributed by atoms with Gasteiger partial charge in [-0.05, 0) is 37.6 Å². The van der Waals surface area contributed by atoms with Gasteiger partial charge in [0.1, 0.15) is 11.9 Å². The first-order valence-corrected chi connectivity index (χ1v) is 9.14. The molecule has 4 rings (SSSR count). The molecule has 2 aromatic rings. The molecular formula is C20H21FN4O2. The summed E-state index contributed by atoms with van der Waals surface area (Å²) in [6.45, 7) is 0.976. The molecule has 2 aliphatic heterocycles. The third kappa shape index (κ3) is 3.42. The SMILES string of the molecule is O=C1C2NCCCC2N(Cc2ccccc2F)C(=O)N1Cc1ccccn1. The number of nitrogens with zero attached hydrogens (tertiary/aromatic N) is 3. The maximum absolute atomic E-state index is 14.2. The van der Waals surface area contributed by atoms with E-state index in [1.165, 1.54) is 11.0 Å². The normalized spacial score (nSPS) is 22.7. The quantitative estimate of drug-likeness (QED) is 0.899. The highest BCUT2D eigenvalue weighted by atomic mass is 19.1. The first-order valence-electron chi connectivity index (χ1n) is 9.14. The molecule has 0 saturated carbocycles. The van der Waals surface area contributed by atoms with E-state index in [0.29, 0.717) is 11.3 Å². The van der Waals surface area contributed by atoms with E-state index in [2.05, 4.69) is 10.3 Å². The van der Waals surface area contributed by atoms with Crippen LogP contribution in [0.2, 0.25) is 0 Å². The van der Waals surface area contributed by atoms with Crippen LogP contribution < -0.4 is 5.32 Å². The lowest BCUT2D eigenvalue weighted by atomic mass is 9.93. The van der Waals surface area contributed by atoms with Gasteiger partial charge < -0.3 is 10.2 Å². The second kappa shape index (κ2) is 7.44. The average Bonchev–Trinajstić information content (AvgIpc) is 2.70. The smallest absolute Gasteiger partial charge is 0.315 e. The second-order valence-electron chi connectivity index (χ2n) is 6.89. The molecule has 6 nitrogen and oxygen atoms in total. The van der Waals surface area contributed by atoms with Crippen LogP contribution in [0, 0.1) is 5.82 Å². The number of amides is 3. The summed E-state index contributed by atoms with van der Waals surface area (Å²) in [5.41, 5.74) is 1.08. The summed E-state index contributed by atoms with van der Waals surface area (Å²) in [4.78, 5) is 33.2. The van der Waals surface area contributed by atoms with Gasteiger partial charge in [0, 0.05) is 11.8 Å². The van der Waals surface area contributed by atoms with Crippen LogP contribution in [0.15, 0.2) is 48.7 Å². The van der Waals surface area contributed by atoms with Crippen molar-refractivity contribution in [1.82, 2.24) is 20.1 Å². The molecule has 0 bridgehead atoms. The number of halogens is 1. The molecule has 140 valence electrons. The maximum Gasteiger partial charge on any atom is 0.327 e. The molecule has 0 aliphatic carbocycles. The Morgan fingerprint density at radius 2 is 1.93 bits per heavy atom. The fourth-order valence-corrected chi connectivity index (χ4v) is 3.81. The molecule has 3 heterocycles. The number of carbonyl (C=O) groups is 2. The van der Waals surface area contributed by atoms with Gasteiger partial charge in [0.15, 0.2) is 0 Å². The van der Waals surface area contributed by atoms with Crippen LogP contribution in [0.4, 0.5) is 9.18 Å². The van der Waals surface area contributed by atoms with Crippen LogP contribution in [0.3, 0.4) is 0 Å². The van der Waals surface area contributed by atoms with Crippen molar-refractivity contribution < 1.29 is 14.0 Å². The molecule has 0 spiro atoms. The van der Waals surface area contributed by atoms with Gasteiger partial charge in [-0.15, -0.1) is 0 Å². The minimum atomic E-state index is -0.466. The van der Waals surface area contributed by atoms with E-state index in [9.17, 15) is 14.0 Å². The van der Waals surface area contributed by atoms with E-state index in [4.69, 9.17) is 0 Å². The summed E-state index contributed by atoms with van der Waals surface area (Å²) in [5.74, 6) is -0.584. The maximum atomic E-state index is 14.2. The van der Waals surface area contributed by atoms with Crippen molar-refractivity contribution in [3.8, 4) is 0 Å². The van der Waals surface area contributed by atoms with Gasteiger partial charge in [0.25, 0.3) is 0 Å². The van der Waals surface area contributed by atoms with Gasteiger partial charge in [0.2, 0.25) is 5.91 Å². The van der Waals surface area contributed by atoms with Crippen molar-refractivity contribution in [1.29, 1.82) is 0 Å². The highest BCUT2D eigenvalue weighted by molar-refractivity contribution is 6.00. The topological polar surface area (TPSA) is 65.5 Å². The van der Waals surface area contributed by atoms with E-state index in [1.54, 1.807) is 41.4 Å². The Labute approximate surface area is 157 Å². The van der Waals surface area contributed by atoms with Crippen molar-refractivity contribution >= 4 is 11.9 Å². The minimum Gasteiger partial charge on any atom is -0.315 e. The Morgan fingerprint density at radius 1 is 1.11 bits per heavy atom. The first kappa shape index (κ1) is 17.6. The van der Waals surface area contributed by atoms with Crippen molar-refractivity contribution in [3.05, 3.63) is 65.7 Å². The second-order valence-corrected chi connectivity index (χ2v) is 6.89. The third-order valence-corrected chi connectivity index (χ3v) is 5.18. The molecule has 27 heavy (non-hydrogen) atoms. The Hall–Kier alpha value is -2.80. The fourth-order valence-electron chi connectivity index (χ4n) is 3.81. The summed E-state index contributed by atoms with van der Waals surface area (Å²) in [6.07, 6.45) is 3.23. The summed E-state index contributed by atoms with van der Waals surface area (Å²) >= 11 is 0. The molecule has 2 saturated heterocycles. The highest BCUT2D eigenvalue weighted by Crippen LogP contribution is 2.27. The number of rotatable bonds is 4. The lowest BCUT2D eigenvalue weighted by molar-refractivity contribution is -0.137. The first-order chi connectivity index (χ1) is 13.1. The molecular weight excluding hydrogens is 347 g/mol. The Kier molecular flexibility index (Phi) is 4.85. The van der Waals surface area contributed by atoms with Crippen LogP contribution >= 0.6 is 0 Å². The third-order valence-electron chi connectivity index (χ3n) is 5.18. The number of hydrogen-bond donors (Lipinski definition) is 1. The Morgan fingerprint density at radius 3 is 2.70 bits per heavy atom. The molecule has 1 aromatic carbocycles. The van der Waals surface area contributed by atoms with E-state index in [1.807, 2.05) is 6.07 Å². The van der Waals surface area contributed by atoms with Gasteiger partial charge in [-0.2, -0.15) is 0 Å². The van der Waals surface area contributed by atoms with Gasteiger partial charge in [0.05, 0.1) is 24.8 Å². The molecule has 7 heteroatoms. The van der Waals surface area contributed by atoms with E-state index < -0.39 is 6.04 Å². The summed E-state index contributed by atoms with van der Waals surface area (Å²) in [6, 6.07) is 10.7. The number of benzene rings is 1. The van der Waals surface area contributed by atoms with Crippen molar-refractivity contribution in [2.45, 2.75) is 38.0 Å². The van der Waals surface area contributed by atoms with Gasteiger partial charge in [-0.3, -0.25) is 14.7 Å². The number of piperidine rings is 1.